The third-order valence-corrected chi connectivity index (χ3v) is 6.81. The van der Waals surface area contributed by atoms with Crippen molar-refractivity contribution in [1.29, 1.82) is 0 Å². The van der Waals surface area contributed by atoms with Gasteiger partial charge in [0, 0.05) is 59.5 Å². The molecule has 0 atom stereocenters. The number of thiazole rings is 1. The number of hydrogen-bond donors (Lipinski definition) is 0. The minimum atomic E-state index is 0.701. The molecule has 0 amide bonds. The first-order valence-corrected chi connectivity index (χ1v) is 11.3. The maximum atomic E-state index is 6.10. The second-order valence-electron chi connectivity index (χ2n) is 6.78. The summed E-state index contributed by atoms with van der Waals surface area (Å²) >= 11 is 9.54. The molecule has 8 heteroatoms. The molecule has 142 valence electrons. The number of benzene rings is 1. The van der Waals surface area contributed by atoms with Crippen LogP contribution in [-0.4, -0.2) is 46.0 Å². The van der Waals surface area contributed by atoms with Gasteiger partial charge in [0.2, 0.25) is 0 Å². The Bertz CT molecular complexity index is 1090. The highest BCUT2D eigenvalue weighted by Gasteiger charge is 2.21. The largest absolute Gasteiger partial charge is 0.353 e. The van der Waals surface area contributed by atoms with E-state index in [1.807, 2.05) is 18.2 Å². The number of fused-ring (bicyclic) bond motifs is 1. The zero-order chi connectivity index (χ0) is 18.9. The second-order valence-corrected chi connectivity index (χ2v) is 8.85. The van der Waals surface area contributed by atoms with E-state index < -0.39 is 0 Å². The summed E-state index contributed by atoms with van der Waals surface area (Å²) in [7, 11) is 0. The molecule has 0 N–H and O–H groups in total. The summed E-state index contributed by atoms with van der Waals surface area (Å²) in [4.78, 5) is 18.5. The fraction of sp³-hybridized carbons (Fsp3) is 0.250. The van der Waals surface area contributed by atoms with Gasteiger partial charge in [-0.3, -0.25) is 4.90 Å². The van der Waals surface area contributed by atoms with Gasteiger partial charge in [0.15, 0.2) is 0 Å². The minimum absolute atomic E-state index is 0.701. The van der Waals surface area contributed by atoms with Gasteiger partial charge < -0.3 is 4.90 Å². The van der Waals surface area contributed by atoms with Crippen molar-refractivity contribution in [2.75, 3.05) is 31.1 Å². The highest BCUT2D eigenvalue weighted by Crippen LogP contribution is 2.28. The Hall–Kier alpha value is -2.06. The van der Waals surface area contributed by atoms with Crippen molar-refractivity contribution >= 4 is 51.0 Å². The molecule has 4 heterocycles. The Labute approximate surface area is 176 Å². The molecule has 3 aromatic heterocycles. The van der Waals surface area contributed by atoms with Crippen LogP contribution in [0.15, 0.2) is 46.7 Å². The van der Waals surface area contributed by atoms with Gasteiger partial charge in [0.05, 0.1) is 11.2 Å². The number of thiophene rings is 1. The summed E-state index contributed by atoms with van der Waals surface area (Å²) in [5, 5.41) is 9.30. The predicted octanol–water partition coefficient (Wildman–Crippen LogP) is 4.79. The maximum Gasteiger partial charge on any atom is 0.139 e. The van der Waals surface area contributed by atoms with Crippen LogP contribution < -0.4 is 4.90 Å². The van der Waals surface area contributed by atoms with Crippen LogP contribution in [0.25, 0.3) is 21.5 Å². The van der Waals surface area contributed by atoms with Crippen LogP contribution in [0.3, 0.4) is 0 Å². The third kappa shape index (κ3) is 3.63. The van der Waals surface area contributed by atoms with Crippen molar-refractivity contribution in [2.45, 2.75) is 6.54 Å². The highest BCUT2D eigenvalue weighted by atomic mass is 35.5. The fourth-order valence-electron chi connectivity index (χ4n) is 3.51. The van der Waals surface area contributed by atoms with E-state index in [9.17, 15) is 0 Å². The van der Waals surface area contributed by atoms with E-state index in [2.05, 4.69) is 42.0 Å². The van der Waals surface area contributed by atoms with Gasteiger partial charge >= 0.3 is 0 Å². The lowest BCUT2D eigenvalue weighted by atomic mass is 10.2. The number of anilines is 1. The molecule has 1 aromatic carbocycles. The van der Waals surface area contributed by atoms with Crippen molar-refractivity contribution in [1.82, 2.24) is 19.9 Å². The Kier molecular flexibility index (Phi) is 4.98. The van der Waals surface area contributed by atoms with Gasteiger partial charge in [-0.05, 0) is 29.6 Å². The van der Waals surface area contributed by atoms with E-state index in [-0.39, 0.29) is 0 Å². The van der Waals surface area contributed by atoms with E-state index in [4.69, 9.17) is 16.6 Å². The lowest BCUT2D eigenvalue weighted by molar-refractivity contribution is 0.247. The number of piperazine rings is 1. The van der Waals surface area contributed by atoms with Crippen LogP contribution in [0.4, 0.5) is 5.82 Å². The van der Waals surface area contributed by atoms with Crippen LogP contribution in [0.2, 0.25) is 5.02 Å². The zero-order valence-electron chi connectivity index (χ0n) is 15.1. The number of hydrogen-bond acceptors (Lipinski definition) is 7. The van der Waals surface area contributed by atoms with Gasteiger partial charge in [-0.25, -0.2) is 15.0 Å². The summed E-state index contributed by atoms with van der Waals surface area (Å²) < 4.78 is 0. The molecule has 1 saturated heterocycles. The first-order valence-electron chi connectivity index (χ1n) is 9.11. The zero-order valence-corrected chi connectivity index (χ0v) is 17.5. The van der Waals surface area contributed by atoms with E-state index in [1.165, 1.54) is 5.56 Å². The summed E-state index contributed by atoms with van der Waals surface area (Å²) in [5.74, 6) is 0.995. The summed E-state index contributed by atoms with van der Waals surface area (Å²) in [6, 6.07) is 7.94. The molecule has 0 aliphatic carbocycles. The van der Waals surface area contributed by atoms with E-state index >= 15 is 0 Å². The lowest BCUT2D eigenvalue weighted by Crippen LogP contribution is -2.46. The Balaban J connectivity index is 1.26. The highest BCUT2D eigenvalue weighted by molar-refractivity contribution is 7.14. The molecule has 1 aliphatic rings. The quantitative estimate of drug-likeness (QED) is 0.468. The Morgan fingerprint density at radius 2 is 1.93 bits per heavy atom. The van der Waals surface area contributed by atoms with E-state index in [1.54, 1.807) is 29.0 Å². The van der Waals surface area contributed by atoms with Gasteiger partial charge in [0.25, 0.3) is 0 Å². The monoisotopic (exact) mass is 427 g/mol. The smallest absolute Gasteiger partial charge is 0.139 e. The van der Waals surface area contributed by atoms with Crippen LogP contribution in [0, 0.1) is 0 Å². The first kappa shape index (κ1) is 18.0. The normalized spacial score (nSPS) is 15.4. The Morgan fingerprint density at radius 1 is 1.04 bits per heavy atom. The molecule has 5 nitrogen and oxygen atoms in total. The molecule has 28 heavy (non-hydrogen) atoms. The number of rotatable bonds is 4. The van der Waals surface area contributed by atoms with Gasteiger partial charge in [-0.1, -0.05) is 11.6 Å². The van der Waals surface area contributed by atoms with Crippen molar-refractivity contribution in [3.8, 4) is 10.6 Å². The molecule has 0 saturated carbocycles. The molecule has 0 spiro atoms. The molecule has 4 aromatic rings. The number of halogens is 1. The van der Waals surface area contributed by atoms with E-state index in [0.717, 1.165) is 60.1 Å². The van der Waals surface area contributed by atoms with Gasteiger partial charge in [-0.15, -0.1) is 11.3 Å². The molecule has 0 unspecified atom stereocenters. The molecular formula is C20H18ClN5S2. The summed E-state index contributed by atoms with van der Waals surface area (Å²) in [6.45, 7) is 4.76. The maximum absolute atomic E-state index is 6.10. The molecular weight excluding hydrogens is 410 g/mol. The van der Waals surface area contributed by atoms with Crippen molar-refractivity contribution in [3.63, 3.8) is 0 Å². The predicted molar refractivity (Wildman–Crippen MR) is 117 cm³/mol. The molecule has 0 radical (unpaired) electrons. The number of aromatic nitrogens is 3. The second kappa shape index (κ2) is 7.75. The van der Waals surface area contributed by atoms with Crippen molar-refractivity contribution in [3.05, 3.63) is 57.4 Å². The van der Waals surface area contributed by atoms with Crippen LogP contribution >= 0.6 is 34.3 Å². The topological polar surface area (TPSA) is 45.2 Å². The fourth-order valence-corrected chi connectivity index (χ4v) is 5.20. The van der Waals surface area contributed by atoms with E-state index in [0.29, 0.717) is 5.02 Å². The van der Waals surface area contributed by atoms with Crippen LogP contribution in [0.5, 0.6) is 0 Å². The van der Waals surface area contributed by atoms with Gasteiger partial charge in [-0.2, -0.15) is 11.3 Å². The minimum Gasteiger partial charge on any atom is -0.353 e. The summed E-state index contributed by atoms with van der Waals surface area (Å²) in [6.07, 6.45) is 1.63. The molecule has 1 aliphatic heterocycles. The first-order chi connectivity index (χ1) is 13.8. The third-order valence-electron chi connectivity index (χ3n) is 4.95. The van der Waals surface area contributed by atoms with Crippen LogP contribution in [-0.2, 0) is 6.54 Å². The summed E-state index contributed by atoms with van der Waals surface area (Å²) in [5.41, 5.74) is 3.27. The standard InChI is InChI=1S/C20H18ClN5S2/c21-15-1-2-17-18(9-15)22-13-23-19(17)26-6-4-25(5-7-26)10-16-12-28-20(24-16)14-3-8-27-11-14/h1-3,8-9,11-13H,4-7,10H2. The number of nitrogens with zero attached hydrogens (tertiary/aromatic N) is 5. The lowest BCUT2D eigenvalue weighted by Gasteiger charge is -2.35. The molecule has 5 rings (SSSR count). The van der Waals surface area contributed by atoms with Crippen molar-refractivity contribution < 1.29 is 0 Å². The van der Waals surface area contributed by atoms with Gasteiger partial charge in [0.1, 0.15) is 17.2 Å². The molecule has 0 bridgehead atoms. The average Bonchev–Trinajstić information content (AvgIpc) is 3.40. The Morgan fingerprint density at radius 3 is 2.75 bits per heavy atom. The van der Waals surface area contributed by atoms with Crippen molar-refractivity contribution in [2.24, 2.45) is 0 Å². The SMILES string of the molecule is Clc1ccc2c(N3CCN(Cc4csc(-c5ccsc5)n4)CC3)ncnc2c1. The average molecular weight is 428 g/mol. The molecule has 1 fully saturated rings. The van der Waals surface area contributed by atoms with Crippen LogP contribution in [0.1, 0.15) is 5.69 Å².